The summed E-state index contributed by atoms with van der Waals surface area (Å²) < 4.78 is 5.52. The van der Waals surface area contributed by atoms with Crippen molar-refractivity contribution in [1.29, 1.82) is 0 Å². The Kier molecular flexibility index (Phi) is 2.64. The summed E-state index contributed by atoms with van der Waals surface area (Å²) in [4.78, 5) is 17.8. The smallest absolute Gasteiger partial charge is 0.226 e. The zero-order valence-corrected chi connectivity index (χ0v) is 11.0. The molecule has 0 aromatic carbocycles. The molecule has 2 aromatic rings. The number of nitrogens with one attached hydrogen (secondary N) is 1. The molecule has 0 amide bonds. The van der Waals surface area contributed by atoms with E-state index in [1.165, 1.54) is 0 Å². The Hall–Kier alpha value is -1.40. The minimum absolute atomic E-state index is 0.131. The number of morpholine rings is 1. The Bertz CT molecular complexity index is 582. The van der Waals surface area contributed by atoms with E-state index < -0.39 is 0 Å². The van der Waals surface area contributed by atoms with Crippen LogP contribution < -0.4 is 4.90 Å². The number of ether oxygens (including phenoxy) is 1. The van der Waals surface area contributed by atoms with E-state index in [-0.39, 0.29) is 10.8 Å². The summed E-state index contributed by atoms with van der Waals surface area (Å²) in [5.41, 5.74) is 1.27. The van der Waals surface area contributed by atoms with Crippen LogP contribution in [0.1, 0.15) is 13.8 Å². The average Bonchev–Trinajstić information content (AvgIpc) is 2.75. The van der Waals surface area contributed by atoms with Crippen molar-refractivity contribution in [2.75, 3.05) is 24.7 Å². The van der Waals surface area contributed by atoms with Gasteiger partial charge in [-0.05, 0) is 25.4 Å². The molecule has 1 N–H and O–H groups in total. The lowest BCUT2D eigenvalue weighted by Crippen LogP contribution is -2.53. The van der Waals surface area contributed by atoms with Gasteiger partial charge in [0.1, 0.15) is 5.52 Å². The number of aromatic nitrogens is 4. The van der Waals surface area contributed by atoms with Gasteiger partial charge in [0.15, 0.2) is 11.5 Å². The number of aromatic amines is 1. The first kappa shape index (κ1) is 11.7. The Morgan fingerprint density at radius 2 is 2.28 bits per heavy atom. The molecule has 0 aliphatic carbocycles. The maximum Gasteiger partial charge on any atom is 0.226 e. The van der Waals surface area contributed by atoms with Crippen LogP contribution in [-0.4, -0.2) is 45.2 Å². The van der Waals surface area contributed by atoms with Gasteiger partial charge in [0.25, 0.3) is 0 Å². The number of H-pyrrole nitrogens is 1. The lowest BCUT2D eigenvalue weighted by molar-refractivity contribution is 0.0640. The molecule has 0 atom stereocenters. The zero-order valence-electron chi connectivity index (χ0n) is 10.3. The number of nitrogens with zero attached hydrogens (tertiary/aromatic N) is 4. The molecule has 0 bridgehead atoms. The summed E-state index contributed by atoms with van der Waals surface area (Å²) in [5, 5.41) is 0.215. The van der Waals surface area contributed by atoms with Crippen LogP contribution >= 0.6 is 11.6 Å². The van der Waals surface area contributed by atoms with Crippen molar-refractivity contribution < 1.29 is 4.74 Å². The quantitative estimate of drug-likeness (QED) is 0.796. The summed E-state index contributed by atoms with van der Waals surface area (Å²) in [6, 6.07) is 0. The Morgan fingerprint density at radius 1 is 1.44 bits per heavy atom. The van der Waals surface area contributed by atoms with Crippen LogP contribution in [0.3, 0.4) is 0 Å². The minimum Gasteiger partial charge on any atom is -0.377 e. The summed E-state index contributed by atoms with van der Waals surface area (Å²) in [5.74, 6) is 0.788. The van der Waals surface area contributed by atoms with E-state index in [4.69, 9.17) is 16.3 Å². The second-order valence-corrected chi connectivity index (χ2v) is 5.27. The molecule has 0 saturated carbocycles. The van der Waals surface area contributed by atoms with Crippen LogP contribution in [0.15, 0.2) is 6.33 Å². The van der Waals surface area contributed by atoms with E-state index in [9.17, 15) is 0 Å². The number of fused-ring (bicyclic) bond motifs is 1. The van der Waals surface area contributed by atoms with Gasteiger partial charge >= 0.3 is 0 Å². The highest BCUT2D eigenvalue weighted by Gasteiger charge is 2.33. The molecule has 1 aliphatic heterocycles. The van der Waals surface area contributed by atoms with Crippen molar-refractivity contribution in [3.05, 3.63) is 11.6 Å². The summed E-state index contributed by atoms with van der Waals surface area (Å²) in [6.07, 6.45) is 1.60. The molecular formula is C11H14ClN5O. The lowest BCUT2D eigenvalue weighted by Gasteiger charge is -2.42. The molecule has 1 saturated heterocycles. The average molecular weight is 268 g/mol. The monoisotopic (exact) mass is 267 g/mol. The molecule has 7 heteroatoms. The normalized spacial score (nSPS) is 19.4. The third-order valence-corrected chi connectivity index (χ3v) is 3.31. The Balaban J connectivity index is 2.15. The number of imidazole rings is 1. The first-order valence-corrected chi connectivity index (χ1v) is 6.18. The van der Waals surface area contributed by atoms with Gasteiger partial charge in [-0.2, -0.15) is 9.97 Å². The van der Waals surface area contributed by atoms with Crippen molar-refractivity contribution in [2.24, 2.45) is 0 Å². The van der Waals surface area contributed by atoms with Gasteiger partial charge in [0, 0.05) is 6.54 Å². The van der Waals surface area contributed by atoms with Gasteiger partial charge < -0.3 is 14.6 Å². The molecule has 2 aromatic heterocycles. The molecule has 3 heterocycles. The molecule has 3 rings (SSSR count). The van der Waals surface area contributed by atoms with E-state index in [2.05, 4.69) is 38.7 Å². The first-order valence-electron chi connectivity index (χ1n) is 5.80. The number of hydrogen-bond acceptors (Lipinski definition) is 5. The molecule has 1 aliphatic rings. The largest absolute Gasteiger partial charge is 0.377 e. The van der Waals surface area contributed by atoms with Crippen molar-refractivity contribution >= 4 is 28.6 Å². The van der Waals surface area contributed by atoms with Crippen molar-refractivity contribution in [1.82, 2.24) is 19.9 Å². The standard InChI is InChI=1S/C11H14ClN5O/c1-11(2)5-18-4-3-17(11)9-7-8(14-6-13-7)15-10(12)16-9/h6H,3-5H2,1-2H3,(H,13,14,15,16). The molecular weight excluding hydrogens is 254 g/mol. The van der Waals surface area contributed by atoms with E-state index in [0.29, 0.717) is 18.9 Å². The van der Waals surface area contributed by atoms with Crippen LogP contribution in [0.5, 0.6) is 0 Å². The highest BCUT2D eigenvalue weighted by Crippen LogP contribution is 2.30. The SMILES string of the molecule is CC1(C)COCCN1c1nc(Cl)nc2nc[nH]c12. The van der Waals surface area contributed by atoms with Gasteiger partial charge in [-0.15, -0.1) is 0 Å². The van der Waals surface area contributed by atoms with Crippen molar-refractivity contribution in [3.63, 3.8) is 0 Å². The van der Waals surface area contributed by atoms with Crippen molar-refractivity contribution in [2.45, 2.75) is 19.4 Å². The molecule has 18 heavy (non-hydrogen) atoms. The third kappa shape index (κ3) is 1.81. The van der Waals surface area contributed by atoms with E-state index in [1.54, 1.807) is 6.33 Å². The Labute approximate surface area is 109 Å². The molecule has 0 radical (unpaired) electrons. The van der Waals surface area contributed by atoms with Crippen LogP contribution in [0, 0.1) is 0 Å². The maximum absolute atomic E-state index is 5.96. The van der Waals surface area contributed by atoms with E-state index in [0.717, 1.165) is 17.9 Å². The first-order chi connectivity index (χ1) is 8.58. The summed E-state index contributed by atoms with van der Waals surface area (Å²) in [7, 11) is 0. The third-order valence-electron chi connectivity index (χ3n) is 3.14. The second-order valence-electron chi connectivity index (χ2n) is 4.93. The second kappa shape index (κ2) is 4.07. The number of anilines is 1. The summed E-state index contributed by atoms with van der Waals surface area (Å²) >= 11 is 5.96. The number of rotatable bonds is 1. The zero-order chi connectivity index (χ0) is 12.8. The predicted molar refractivity (Wildman–Crippen MR) is 68.9 cm³/mol. The fourth-order valence-corrected chi connectivity index (χ4v) is 2.40. The van der Waals surface area contributed by atoms with Crippen LogP contribution in [-0.2, 0) is 4.74 Å². The summed E-state index contributed by atoms with van der Waals surface area (Å²) in [6.45, 7) is 6.34. The fraction of sp³-hybridized carbons (Fsp3) is 0.545. The Morgan fingerprint density at radius 3 is 3.06 bits per heavy atom. The van der Waals surface area contributed by atoms with E-state index in [1.807, 2.05) is 0 Å². The van der Waals surface area contributed by atoms with Gasteiger partial charge in [-0.1, -0.05) is 0 Å². The topological polar surface area (TPSA) is 66.9 Å². The number of hydrogen-bond donors (Lipinski definition) is 1. The van der Waals surface area contributed by atoms with Crippen LogP contribution in [0.2, 0.25) is 5.28 Å². The lowest BCUT2D eigenvalue weighted by atomic mass is 10.0. The van der Waals surface area contributed by atoms with Crippen LogP contribution in [0.4, 0.5) is 5.82 Å². The van der Waals surface area contributed by atoms with Crippen LogP contribution in [0.25, 0.3) is 11.2 Å². The van der Waals surface area contributed by atoms with Gasteiger partial charge in [0.2, 0.25) is 5.28 Å². The highest BCUT2D eigenvalue weighted by molar-refractivity contribution is 6.28. The minimum atomic E-state index is -0.131. The van der Waals surface area contributed by atoms with Gasteiger partial charge in [0.05, 0.1) is 25.1 Å². The van der Waals surface area contributed by atoms with Gasteiger partial charge in [-0.3, -0.25) is 0 Å². The molecule has 0 spiro atoms. The maximum atomic E-state index is 5.96. The van der Waals surface area contributed by atoms with E-state index >= 15 is 0 Å². The fourth-order valence-electron chi connectivity index (χ4n) is 2.24. The molecule has 1 fully saturated rings. The van der Waals surface area contributed by atoms with Gasteiger partial charge in [-0.25, -0.2) is 4.98 Å². The predicted octanol–water partition coefficient (Wildman–Crippen LogP) is 1.62. The number of halogens is 1. The molecule has 0 unspecified atom stereocenters. The van der Waals surface area contributed by atoms with Crippen molar-refractivity contribution in [3.8, 4) is 0 Å². The molecule has 96 valence electrons. The molecule has 6 nitrogen and oxygen atoms in total. The highest BCUT2D eigenvalue weighted by atomic mass is 35.5.